The Morgan fingerprint density at radius 1 is 1.31 bits per heavy atom. The van der Waals surface area contributed by atoms with Crippen molar-refractivity contribution in [3.8, 4) is 0 Å². The van der Waals surface area contributed by atoms with E-state index >= 15 is 0 Å². The summed E-state index contributed by atoms with van der Waals surface area (Å²) in [6.07, 6.45) is 0. The van der Waals surface area contributed by atoms with Gasteiger partial charge in [0.1, 0.15) is 6.61 Å². The Morgan fingerprint density at radius 2 is 1.92 bits per heavy atom. The monoisotopic (exact) mass is 189 g/mol. The highest BCUT2D eigenvalue weighted by atomic mass is 16.6. The van der Waals surface area contributed by atoms with Crippen LogP contribution >= 0.6 is 0 Å². The Kier molecular flexibility index (Phi) is 5.66. The van der Waals surface area contributed by atoms with Crippen molar-refractivity contribution in [1.82, 2.24) is 5.32 Å². The van der Waals surface area contributed by atoms with Gasteiger partial charge in [0.25, 0.3) is 0 Å². The molecule has 0 rings (SSSR count). The molecule has 0 aromatic carbocycles. The van der Waals surface area contributed by atoms with Crippen molar-refractivity contribution in [2.75, 3.05) is 26.8 Å². The van der Waals surface area contributed by atoms with Gasteiger partial charge in [0.05, 0.1) is 18.8 Å². The van der Waals surface area contributed by atoms with Gasteiger partial charge < -0.3 is 14.8 Å². The number of nitrogens with one attached hydrogen (secondary N) is 1. The zero-order chi connectivity index (χ0) is 10.3. The second-order valence-corrected chi connectivity index (χ2v) is 3.71. The normalized spacial score (nSPS) is 11.4. The van der Waals surface area contributed by atoms with Crippen LogP contribution in [0.5, 0.6) is 0 Å². The van der Waals surface area contributed by atoms with Crippen LogP contribution < -0.4 is 5.32 Å². The Morgan fingerprint density at radius 3 is 2.38 bits per heavy atom. The van der Waals surface area contributed by atoms with Crippen molar-refractivity contribution in [2.45, 2.75) is 26.4 Å². The van der Waals surface area contributed by atoms with E-state index in [0.29, 0.717) is 13.2 Å². The summed E-state index contributed by atoms with van der Waals surface area (Å²) >= 11 is 0. The molecule has 0 aromatic heterocycles. The third kappa shape index (κ3) is 9.30. The van der Waals surface area contributed by atoms with E-state index < -0.39 is 0 Å². The Hall–Kier alpha value is -0.610. The number of carbonyl (C=O) groups is 1. The molecule has 0 aliphatic carbocycles. The summed E-state index contributed by atoms with van der Waals surface area (Å²) in [4.78, 5) is 10.8. The molecule has 0 saturated heterocycles. The first-order chi connectivity index (χ1) is 5.95. The molecular weight excluding hydrogens is 170 g/mol. The van der Waals surface area contributed by atoms with Gasteiger partial charge in [-0.15, -0.1) is 0 Å². The fourth-order valence-electron chi connectivity index (χ4n) is 0.699. The first-order valence-corrected chi connectivity index (χ1v) is 4.40. The van der Waals surface area contributed by atoms with E-state index in [1.165, 1.54) is 0 Å². The smallest absolute Gasteiger partial charge is 0.319 e. The summed E-state index contributed by atoms with van der Waals surface area (Å²) in [5, 5.41) is 2.71. The van der Waals surface area contributed by atoms with Gasteiger partial charge in [0.15, 0.2) is 0 Å². The SMILES string of the molecule is CNCC(=O)OCCOC(C)(C)C. The fourth-order valence-corrected chi connectivity index (χ4v) is 0.699. The second-order valence-electron chi connectivity index (χ2n) is 3.71. The van der Waals surface area contributed by atoms with Crippen molar-refractivity contribution in [3.63, 3.8) is 0 Å². The van der Waals surface area contributed by atoms with Gasteiger partial charge in [0, 0.05) is 0 Å². The van der Waals surface area contributed by atoms with Gasteiger partial charge in [0.2, 0.25) is 0 Å². The minimum atomic E-state index is -0.250. The Balaban J connectivity index is 3.31. The highest BCUT2D eigenvalue weighted by molar-refractivity contribution is 5.71. The van der Waals surface area contributed by atoms with Crippen molar-refractivity contribution in [1.29, 1.82) is 0 Å². The summed E-state index contributed by atoms with van der Waals surface area (Å²) in [5.41, 5.74) is -0.171. The zero-order valence-electron chi connectivity index (χ0n) is 8.85. The number of hydrogen-bond donors (Lipinski definition) is 1. The van der Waals surface area contributed by atoms with Crippen molar-refractivity contribution in [3.05, 3.63) is 0 Å². The molecule has 0 aliphatic heterocycles. The number of esters is 1. The van der Waals surface area contributed by atoms with E-state index in [2.05, 4.69) is 5.32 Å². The maximum absolute atomic E-state index is 10.8. The highest BCUT2D eigenvalue weighted by Gasteiger charge is 2.09. The molecule has 4 heteroatoms. The van der Waals surface area contributed by atoms with E-state index in [1.54, 1.807) is 7.05 Å². The van der Waals surface area contributed by atoms with E-state index in [-0.39, 0.29) is 18.1 Å². The number of rotatable bonds is 5. The van der Waals surface area contributed by atoms with Gasteiger partial charge in [-0.2, -0.15) is 0 Å². The van der Waals surface area contributed by atoms with Crippen LogP contribution in [0.25, 0.3) is 0 Å². The van der Waals surface area contributed by atoms with Crippen LogP contribution in [0.1, 0.15) is 20.8 Å². The molecule has 0 radical (unpaired) electrons. The molecule has 0 bridgehead atoms. The van der Waals surface area contributed by atoms with Gasteiger partial charge in [-0.05, 0) is 27.8 Å². The molecule has 0 unspecified atom stereocenters. The molecule has 0 aliphatic rings. The molecular formula is C9H19NO3. The van der Waals surface area contributed by atoms with Gasteiger partial charge in [-0.3, -0.25) is 4.79 Å². The number of carbonyl (C=O) groups excluding carboxylic acids is 1. The minimum absolute atomic E-state index is 0.171. The minimum Gasteiger partial charge on any atom is -0.462 e. The maximum atomic E-state index is 10.8. The summed E-state index contributed by atoms with van der Waals surface area (Å²) in [6.45, 7) is 6.89. The summed E-state index contributed by atoms with van der Waals surface area (Å²) in [7, 11) is 1.70. The third-order valence-corrected chi connectivity index (χ3v) is 1.20. The predicted molar refractivity (Wildman–Crippen MR) is 50.6 cm³/mol. The van der Waals surface area contributed by atoms with Crippen molar-refractivity contribution >= 4 is 5.97 Å². The van der Waals surface area contributed by atoms with Gasteiger partial charge in [-0.25, -0.2) is 0 Å². The number of likely N-dealkylation sites (N-methyl/N-ethyl adjacent to an activating group) is 1. The average molecular weight is 189 g/mol. The number of hydrogen-bond acceptors (Lipinski definition) is 4. The van der Waals surface area contributed by atoms with Crippen LogP contribution in [0, 0.1) is 0 Å². The standard InChI is InChI=1S/C9H19NO3/c1-9(2,3)13-6-5-12-8(11)7-10-4/h10H,5-7H2,1-4H3. The lowest BCUT2D eigenvalue weighted by molar-refractivity contribution is -0.145. The van der Waals surface area contributed by atoms with Crippen LogP contribution in [-0.2, 0) is 14.3 Å². The zero-order valence-corrected chi connectivity index (χ0v) is 8.85. The van der Waals surface area contributed by atoms with Crippen molar-refractivity contribution in [2.24, 2.45) is 0 Å². The lowest BCUT2D eigenvalue weighted by Crippen LogP contribution is -2.25. The van der Waals surface area contributed by atoms with Gasteiger partial charge in [-0.1, -0.05) is 0 Å². The molecule has 4 nitrogen and oxygen atoms in total. The first kappa shape index (κ1) is 12.4. The molecule has 0 aromatic rings. The summed E-state index contributed by atoms with van der Waals surface area (Å²) < 4.78 is 10.2. The Bertz CT molecular complexity index is 151. The quantitative estimate of drug-likeness (QED) is 0.507. The molecule has 1 N–H and O–H groups in total. The van der Waals surface area contributed by atoms with Crippen molar-refractivity contribution < 1.29 is 14.3 Å². The molecule has 0 atom stereocenters. The van der Waals surface area contributed by atoms with Crippen LogP contribution in [0.15, 0.2) is 0 Å². The Labute approximate surface area is 79.6 Å². The van der Waals surface area contributed by atoms with Gasteiger partial charge >= 0.3 is 5.97 Å². The van der Waals surface area contributed by atoms with Crippen LogP contribution in [0.2, 0.25) is 0 Å². The lowest BCUT2D eigenvalue weighted by Gasteiger charge is -2.19. The van der Waals surface area contributed by atoms with Crippen LogP contribution in [0.4, 0.5) is 0 Å². The largest absolute Gasteiger partial charge is 0.462 e. The molecule has 0 fully saturated rings. The molecule has 78 valence electrons. The summed E-state index contributed by atoms with van der Waals surface area (Å²) in [5.74, 6) is -0.250. The summed E-state index contributed by atoms with van der Waals surface area (Å²) in [6, 6.07) is 0. The average Bonchev–Trinajstić information content (AvgIpc) is 1.97. The maximum Gasteiger partial charge on any atom is 0.319 e. The molecule has 0 amide bonds. The lowest BCUT2D eigenvalue weighted by atomic mass is 10.2. The molecule has 0 saturated carbocycles. The van der Waals surface area contributed by atoms with Crippen LogP contribution in [-0.4, -0.2) is 38.4 Å². The van der Waals surface area contributed by atoms with E-state index in [9.17, 15) is 4.79 Å². The number of ether oxygens (including phenoxy) is 2. The molecule has 0 heterocycles. The molecule has 0 spiro atoms. The third-order valence-electron chi connectivity index (χ3n) is 1.20. The van der Waals surface area contributed by atoms with E-state index in [0.717, 1.165) is 0 Å². The van der Waals surface area contributed by atoms with E-state index in [1.807, 2.05) is 20.8 Å². The molecule has 13 heavy (non-hydrogen) atoms. The second kappa shape index (κ2) is 5.94. The highest BCUT2D eigenvalue weighted by Crippen LogP contribution is 2.05. The first-order valence-electron chi connectivity index (χ1n) is 4.40. The fraction of sp³-hybridized carbons (Fsp3) is 0.889. The topological polar surface area (TPSA) is 47.6 Å². The van der Waals surface area contributed by atoms with E-state index in [4.69, 9.17) is 9.47 Å². The predicted octanol–water partition coefficient (Wildman–Crippen LogP) is 0.564. The van der Waals surface area contributed by atoms with Crippen LogP contribution in [0.3, 0.4) is 0 Å².